The van der Waals surface area contributed by atoms with Crippen molar-refractivity contribution in [1.29, 1.82) is 0 Å². The van der Waals surface area contributed by atoms with E-state index < -0.39 is 5.25 Å². The van der Waals surface area contributed by atoms with Crippen molar-refractivity contribution in [3.63, 3.8) is 0 Å². The van der Waals surface area contributed by atoms with Gasteiger partial charge in [0, 0.05) is 0 Å². The van der Waals surface area contributed by atoms with Gasteiger partial charge in [0.05, 0.1) is 10.9 Å². The van der Waals surface area contributed by atoms with Crippen molar-refractivity contribution in [1.82, 2.24) is 0 Å². The fraction of sp³-hybridized carbons (Fsp3) is 0.125. The summed E-state index contributed by atoms with van der Waals surface area (Å²) < 4.78 is 12.9. The van der Waals surface area contributed by atoms with Crippen LogP contribution in [0.2, 0.25) is 0 Å². The average molecular weight is 301 g/mol. The summed E-state index contributed by atoms with van der Waals surface area (Å²) in [6.07, 6.45) is 0.416. The summed E-state index contributed by atoms with van der Waals surface area (Å²) in [5.41, 5.74) is 1.42. The lowest BCUT2D eigenvalue weighted by Crippen LogP contribution is -2.32. The SMILES string of the molecule is O=C1S[C@@H](Cc2ccc(F)cc2)C(=O)N1c1ccccc1. The van der Waals surface area contributed by atoms with Crippen molar-refractivity contribution >= 4 is 28.6 Å². The number of rotatable bonds is 3. The van der Waals surface area contributed by atoms with Crippen LogP contribution in [0.1, 0.15) is 5.56 Å². The number of amides is 2. The molecule has 106 valence electrons. The van der Waals surface area contributed by atoms with Crippen molar-refractivity contribution in [3.05, 3.63) is 66.0 Å². The average Bonchev–Trinajstić information content (AvgIpc) is 2.77. The van der Waals surface area contributed by atoms with Crippen LogP contribution in [0, 0.1) is 5.82 Å². The number of benzene rings is 2. The summed E-state index contributed by atoms with van der Waals surface area (Å²) in [6, 6.07) is 14.9. The van der Waals surface area contributed by atoms with Crippen LogP contribution >= 0.6 is 11.8 Å². The Kier molecular flexibility index (Phi) is 3.75. The van der Waals surface area contributed by atoms with Gasteiger partial charge < -0.3 is 0 Å². The Balaban J connectivity index is 1.79. The van der Waals surface area contributed by atoms with Crippen LogP contribution in [0.4, 0.5) is 14.9 Å². The van der Waals surface area contributed by atoms with Crippen LogP contribution in [0.25, 0.3) is 0 Å². The molecule has 1 aliphatic rings. The van der Waals surface area contributed by atoms with Gasteiger partial charge in [0.15, 0.2) is 0 Å². The molecule has 0 aromatic heterocycles. The van der Waals surface area contributed by atoms with Crippen LogP contribution in [0.3, 0.4) is 0 Å². The van der Waals surface area contributed by atoms with Gasteiger partial charge in [-0.2, -0.15) is 0 Å². The minimum Gasteiger partial charge on any atom is -0.273 e. The van der Waals surface area contributed by atoms with Crippen molar-refractivity contribution in [2.45, 2.75) is 11.7 Å². The molecule has 3 rings (SSSR count). The van der Waals surface area contributed by atoms with E-state index in [1.54, 1.807) is 36.4 Å². The van der Waals surface area contributed by atoms with Crippen LogP contribution in [0.5, 0.6) is 0 Å². The van der Waals surface area contributed by atoms with Gasteiger partial charge in [-0.25, -0.2) is 9.29 Å². The number of hydrogen-bond donors (Lipinski definition) is 0. The maximum atomic E-state index is 12.9. The Morgan fingerprint density at radius 3 is 2.33 bits per heavy atom. The molecule has 2 aromatic carbocycles. The van der Waals surface area contributed by atoms with Gasteiger partial charge in [0.1, 0.15) is 5.82 Å². The molecule has 5 heteroatoms. The second-order valence-corrected chi connectivity index (χ2v) is 5.87. The Labute approximate surface area is 125 Å². The minimum atomic E-state index is -0.455. The van der Waals surface area contributed by atoms with E-state index in [9.17, 15) is 14.0 Å². The van der Waals surface area contributed by atoms with Crippen LogP contribution in [0.15, 0.2) is 54.6 Å². The minimum absolute atomic E-state index is 0.222. The number of imide groups is 1. The van der Waals surface area contributed by atoms with Gasteiger partial charge >= 0.3 is 0 Å². The third-order valence-corrected chi connectivity index (χ3v) is 4.31. The summed E-state index contributed by atoms with van der Waals surface area (Å²) in [6.45, 7) is 0. The van der Waals surface area contributed by atoms with Crippen molar-refractivity contribution < 1.29 is 14.0 Å². The molecule has 1 heterocycles. The molecular formula is C16H12FNO2S. The largest absolute Gasteiger partial charge is 0.293 e. The number of halogens is 1. The zero-order valence-electron chi connectivity index (χ0n) is 11.0. The van der Waals surface area contributed by atoms with Crippen molar-refractivity contribution in [2.24, 2.45) is 0 Å². The molecule has 0 radical (unpaired) electrons. The van der Waals surface area contributed by atoms with Gasteiger partial charge in [-0.15, -0.1) is 0 Å². The smallest absolute Gasteiger partial charge is 0.273 e. The predicted molar refractivity (Wildman–Crippen MR) is 80.8 cm³/mol. The Bertz CT molecular complexity index is 672. The van der Waals surface area contributed by atoms with Crippen LogP contribution < -0.4 is 4.90 Å². The van der Waals surface area contributed by atoms with Crippen LogP contribution in [-0.2, 0) is 11.2 Å². The summed E-state index contributed by atoms with van der Waals surface area (Å²) >= 11 is 1.02. The Hall–Kier alpha value is -2.14. The maximum absolute atomic E-state index is 12.9. The molecule has 2 amide bonds. The highest BCUT2D eigenvalue weighted by Gasteiger charge is 2.40. The highest BCUT2D eigenvalue weighted by atomic mass is 32.2. The van der Waals surface area contributed by atoms with E-state index in [1.807, 2.05) is 6.07 Å². The van der Waals surface area contributed by atoms with E-state index in [4.69, 9.17) is 0 Å². The molecule has 0 unspecified atom stereocenters. The molecule has 0 N–H and O–H groups in total. The summed E-state index contributed by atoms with van der Waals surface area (Å²) in [5, 5.41) is -0.721. The number of hydrogen-bond acceptors (Lipinski definition) is 3. The number of nitrogens with zero attached hydrogens (tertiary/aromatic N) is 1. The van der Waals surface area contributed by atoms with E-state index in [1.165, 1.54) is 17.0 Å². The first-order chi connectivity index (χ1) is 10.1. The standard InChI is InChI=1S/C16H12FNO2S/c17-12-8-6-11(7-9-12)10-14-15(19)18(16(20)21-14)13-4-2-1-3-5-13/h1-9,14H,10H2/t14-/m0/s1. The van der Waals surface area contributed by atoms with Gasteiger partial charge in [-0.3, -0.25) is 9.59 Å². The van der Waals surface area contributed by atoms with E-state index in [0.717, 1.165) is 17.3 Å². The summed E-state index contributed by atoms with van der Waals surface area (Å²) in [5.74, 6) is -0.535. The molecule has 3 nitrogen and oxygen atoms in total. The Morgan fingerprint density at radius 1 is 1.00 bits per heavy atom. The molecule has 0 saturated carbocycles. The molecule has 1 saturated heterocycles. The molecule has 0 bridgehead atoms. The molecule has 0 aliphatic carbocycles. The topological polar surface area (TPSA) is 37.4 Å². The fourth-order valence-corrected chi connectivity index (χ4v) is 3.26. The lowest BCUT2D eigenvalue weighted by Gasteiger charge is -2.13. The lowest BCUT2D eigenvalue weighted by atomic mass is 10.1. The zero-order chi connectivity index (χ0) is 14.8. The first kappa shape index (κ1) is 13.8. The van der Waals surface area contributed by atoms with E-state index >= 15 is 0 Å². The number of anilines is 1. The number of carbonyl (C=O) groups excluding carboxylic acids is 2. The van der Waals surface area contributed by atoms with Gasteiger partial charge in [-0.1, -0.05) is 42.1 Å². The first-order valence-corrected chi connectivity index (χ1v) is 7.37. The number of thioether (sulfide) groups is 1. The van der Waals surface area contributed by atoms with Gasteiger partial charge in [0.25, 0.3) is 5.24 Å². The number of carbonyl (C=O) groups is 2. The molecule has 1 atom stereocenters. The van der Waals surface area contributed by atoms with E-state index in [-0.39, 0.29) is 17.0 Å². The van der Waals surface area contributed by atoms with Gasteiger partial charge in [0.2, 0.25) is 5.91 Å². The fourth-order valence-electron chi connectivity index (χ4n) is 2.23. The van der Waals surface area contributed by atoms with Crippen molar-refractivity contribution in [3.8, 4) is 0 Å². The Morgan fingerprint density at radius 2 is 1.67 bits per heavy atom. The number of para-hydroxylation sites is 1. The van der Waals surface area contributed by atoms with Gasteiger partial charge in [-0.05, 0) is 36.2 Å². The maximum Gasteiger partial charge on any atom is 0.293 e. The van der Waals surface area contributed by atoms with E-state index in [0.29, 0.717) is 12.1 Å². The van der Waals surface area contributed by atoms with E-state index in [2.05, 4.69) is 0 Å². The second-order valence-electron chi connectivity index (χ2n) is 4.71. The second kappa shape index (κ2) is 5.69. The lowest BCUT2D eigenvalue weighted by molar-refractivity contribution is -0.117. The molecule has 1 aliphatic heterocycles. The molecule has 1 fully saturated rings. The molecule has 0 spiro atoms. The molecular weight excluding hydrogens is 289 g/mol. The highest BCUT2D eigenvalue weighted by Crippen LogP contribution is 2.33. The first-order valence-electron chi connectivity index (χ1n) is 6.49. The molecule has 2 aromatic rings. The monoisotopic (exact) mass is 301 g/mol. The molecule has 21 heavy (non-hydrogen) atoms. The highest BCUT2D eigenvalue weighted by molar-refractivity contribution is 8.15. The normalized spacial score (nSPS) is 18.3. The summed E-state index contributed by atoms with van der Waals surface area (Å²) in [4.78, 5) is 25.7. The zero-order valence-corrected chi connectivity index (χ0v) is 11.8. The predicted octanol–water partition coefficient (Wildman–Crippen LogP) is 3.64. The quantitative estimate of drug-likeness (QED) is 0.868. The van der Waals surface area contributed by atoms with Crippen molar-refractivity contribution in [2.75, 3.05) is 4.90 Å². The summed E-state index contributed by atoms with van der Waals surface area (Å²) in [7, 11) is 0. The van der Waals surface area contributed by atoms with Crippen LogP contribution in [-0.4, -0.2) is 16.4 Å². The third kappa shape index (κ3) is 2.83. The third-order valence-electron chi connectivity index (χ3n) is 3.27.